The molecule has 8 heteroatoms. The monoisotopic (exact) mass is 549 g/mol. The Hall–Kier alpha value is -2.58. The third-order valence-electron chi connectivity index (χ3n) is 9.53. The Bertz CT molecular complexity index is 1180. The summed E-state index contributed by atoms with van der Waals surface area (Å²) in [5.41, 5.74) is 0.809. The molecule has 1 unspecified atom stereocenters. The van der Waals surface area contributed by atoms with Crippen molar-refractivity contribution in [2.24, 2.45) is 17.8 Å². The molecule has 208 valence electrons. The van der Waals surface area contributed by atoms with E-state index in [1.54, 1.807) is 21.6 Å². The highest BCUT2D eigenvalue weighted by Crippen LogP contribution is 2.61. The second-order valence-electron chi connectivity index (χ2n) is 12.0. The first kappa shape index (κ1) is 26.6. The molecule has 39 heavy (non-hydrogen) atoms. The predicted molar refractivity (Wildman–Crippen MR) is 153 cm³/mol. The van der Waals surface area contributed by atoms with E-state index < -0.39 is 28.7 Å². The molecule has 0 radical (unpaired) electrons. The van der Waals surface area contributed by atoms with Crippen LogP contribution in [0.1, 0.15) is 46.0 Å². The molecule has 4 aliphatic heterocycles. The number of nitrogens with zero attached hydrogens (tertiary/aromatic N) is 3. The van der Waals surface area contributed by atoms with E-state index >= 15 is 0 Å². The quantitative estimate of drug-likeness (QED) is 0.568. The molecule has 7 nitrogen and oxygen atoms in total. The van der Waals surface area contributed by atoms with Gasteiger partial charge >= 0.3 is 0 Å². The fourth-order valence-corrected chi connectivity index (χ4v) is 9.63. The minimum absolute atomic E-state index is 0.0258. The molecule has 5 aliphatic rings. The Morgan fingerprint density at radius 1 is 0.974 bits per heavy atom. The highest BCUT2D eigenvalue weighted by Gasteiger charge is 2.72. The van der Waals surface area contributed by atoms with Crippen LogP contribution >= 0.6 is 11.8 Å². The van der Waals surface area contributed by atoms with Crippen molar-refractivity contribution in [1.82, 2.24) is 9.80 Å². The van der Waals surface area contributed by atoms with Crippen molar-refractivity contribution >= 4 is 35.2 Å². The fraction of sp³-hybridized carbons (Fsp3) is 0.581. The van der Waals surface area contributed by atoms with Gasteiger partial charge in [0.2, 0.25) is 17.7 Å². The van der Waals surface area contributed by atoms with Crippen LogP contribution in [-0.2, 0) is 14.4 Å². The number of aliphatic hydroxyl groups is 1. The third-order valence-corrected chi connectivity index (χ3v) is 11.3. The van der Waals surface area contributed by atoms with Gasteiger partial charge in [0, 0.05) is 30.1 Å². The maximum Gasteiger partial charge on any atom is 0.247 e. The van der Waals surface area contributed by atoms with Crippen LogP contribution in [0.2, 0.25) is 0 Å². The molecule has 1 aromatic carbocycles. The summed E-state index contributed by atoms with van der Waals surface area (Å²) in [6.45, 7) is 4.73. The number of likely N-dealkylation sites (tertiary alicyclic amines) is 1. The number of carbonyl (C=O) groups excluding carboxylic acids is 3. The van der Waals surface area contributed by atoms with Gasteiger partial charge in [-0.15, -0.1) is 11.8 Å². The van der Waals surface area contributed by atoms with E-state index in [4.69, 9.17) is 0 Å². The van der Waals surface area contributed by atoms with Gasteiger partial charge in [-0.2, -0.15) is 0 Å². The fourth-order valence-electron chi connectivity index (χ4n) is 7.63. The molecule has 1 aromatic rings. The average molecular weight is 550 g/mol. The molecule has 2 saturated heterocycles. The van der Waals surface area contributed by atoms with Crippen LogP contribution in [0, 0.1) is 17.8 Å². The molecule has 3 amide bonds. The Morgan fingerprint density at radius 2 is 1.72 bits per heavy atom. The van der Waals surface area contributed by atoms with Gasteiger partial charge < -0.3 is 19.8 Å². The van der Waals surface area contributed by atoms with E-state index in [1.165, 1.54) is 6.42 Å². The second kappa shape index (κ2) is 10.4. The summed E-state index contributed by atoms with van der Waals surface area (Å²) in [7, 11) is 0. The molecule has 1 spiro atoms. The first-order valence-corrected chi connectivity index (χ1v) is 15.4. The van der Waals surface area contributed by atoms with Gasteiger partial charge in [-0.3, -0.25) is 14.4 Å². The largest absolute Gasteiger partial charge is 0.394 e. The lowest BCUT2D eigenvalue weighted by Gasteiger charge is -2.42. The van der Waals surface area contributed by atoms with Crippen molar-refractivity contribution in [3.05, 3.63) is 54.6 Å². The molecule has 0 bridgehead atoms. The zero-order valence-corrected chi connectivity index (χ0v) is 23.6. The Kier molecular flexibility index (Phi) is 7.12. The number of benzene rings is 1. The van der Waals surface area contributed by atoms with Gasteiger partial charge in [0.15, 0.2) is 0 Å². The number of carbonyl (C=O) groups is 3. The van der Waals surface area contributed by atoms with Gasteiger partial charge in [-0.25, -0.2) is 0 Å². The summed E-state index contributed by atoms with van der Waals surface area (Å²) in [6.07, 6.45) is 13.6. The molecule has 1 aliphatic carbocycles. The molecule has 0 aromatic heterocycles. The Balaban J connectivity index is 1.45. The van der Waals surface area contributed by atoms with E-state index in [2.05, 4.69) is 18.2 Å². The molecule has 4 heterocycles. The molecule has 6 rings (SSSR count). The maximum absolute atomic E-state index is 14.6. The number of thioether (sulfide) groups is 1. The SMILES string of the molecule is CC(C)[C@H](CO)N1C(=O)[C@@H]2[C@@H]3C(=O)N(c4ccccc4)CC=C[C@@H]3S[C@@]23C=CCN(C2CCCCC2)C(=O)C13. The minimum atomic E-state index is -0.852. The Morgan fingerprint density at radius 3 is 2.41 bits per heavy atom. The van der Waals surface area contributed by atoms with Crippen molar-refractivity contribution in [3.8, 4) is 0 Å². The van der Waals surface area contributed by atoms with E-state index in [-0.39, 0.29) is 41.5 Å². The van der Waals surface area contributed by atoms with Gasteiger partial charge in [0.05, 0.1) is 29.2 Å². The van der Waals surface area contributed by atoms with Crippen LogP contribution in [0.15, 0.2) is 54.6 Å². The zero-order chi connectivity index (χ0) is 27.3. The third kappa shape index (κ3) is 4.17. The van der Waals surface area contributed by atoms with Crippen LogP contribution in [0.4, 0.5) is 5.69 Å². The van der Waals surface area contributed by atoms with Crippen molar-refractivity contribution in [2.75, 3.05) is 24.6 Å². The predicted octanol–water partition coefficient (Wildman–Crippen LogP) is 3.63. The Labute approximate surface area is 235 Å². The van der Waals surface area contributed by atoms with E-state index in [0.29, 0.717) is 13.1 Å². The topological polar surface area (TPSA) is 81.2 Å². The summed E-state index contributed by atoms with van der Waals surface area (Å²) in [4.78, 5) is 48.9. The highest BCUT2D eigenvalue weighted by atomic mass is 32.2. The maximum atomic E-state index is 14.6. The van der Waals surface area contributed by atoms with Crippen LogP contribution < -0.4 is 4.90 Å². The van der Waals surface area contributed by atoms with E-state index in [1.807, 2.05) is 55.2 Å². The first-order chi connectivity index (χ1) is 18.9. The number of amides is 3. The smallest absolute Gasteiger partial charge is 0.247 e. The number of hydrogen-bond donors (Lipinski definition) is 1. The summed E-state index contributed by atoms with van der Waals surface area (Å²) in [6, 6.07) is 8.54. The van der Waals surface area contributed by atoms with Crippen molar-refractivity contribution in [2.45, 2.75) is 74.1 Å². The number of rotatable bonds is 5. The molecule has 6 atom stereocenters. The van der Waals surface area contributed by atoms with Crippen molar-refractivity contribution < 1.29 is 19.5 Å². The lowest BCUT2D eigenvalue weighted by Crippen LogP contribution is -2.59. The van der Waals surface area contributed by atoms with Crippen LogP contribution in [0.3, 0.4) is 0 Å². The summed E-state index contributed by atoms with van der Waals surface area (Å²) in [5.74, 6) is -1.56. The number of fused-ring (bicyclic) bond motifs is 2. The zero-order valence-electron chi connectivity index (χ0n) is 22.8. The van der Waals surface area contributed by atoms with Gasteiger partial charge in [-0.05, 0) is 30.9 Å². The normalized spacial score (nSPS) is 33.7. The molecule has 3 fully saturated rings. The summed E-state index contributed by atoms with van der Waals surface area (Å²) >= 11 is 1.61. The summed E-state index contributed by atoms with van der Waals surface area (Å²) in [5, 5.41) is 10.3. The number of anilines is 1. The summed E-state index contributed by atoms with van der Waals surface area (Å²) < 4.78 is -0.852. The van der Waals surface area contributed by atoms with Crippen molar-refractivity contribution in [1.29, 1.82) is 0 Å². The van der Waals surface area contributed by atoms with Crippen molar-refractivity contribution in [3.63, 3.8) is 0 Å². The van der Waals surface area contributed by atoms with Crippen LogP contribution in [-0.4, -0.2) is 80.4 Å². The van der Waals surface area contributed by atoms with Gasteiger partial charge in [0.1, 0.15) is 6.04 Å². The molecule has 1 saturated carbocycles. The lowest BCUT2D eigenvalue weighted by molar-refractivity contribution is -0.148. The number of para-hydroxylation sites is 1. The van der Waals surface area contributed by atoms with Crippen LogP contribution in [0.5, 0.6) is 0 Å². The van der Waals surface area contributed by atoms with E-state index in [9.17, 15) is 19.5 Å². The molecule has 1 N–H and O–H groups in total. The average Bonchev–Trinajstić information content (AvgIpc) is 3.25. The first-order valence-electron chi connectivity index (χ1n) is 14.5. The van der Waals surface area contributed by atoms with Gasteiger partial charge in [0.25, 0.3) is 0 Å². The second-order valence-corrected chi connectivity index (χ2v) is 13.5. The number of aliphatic hydroxyl groups excluding tert-OH is 1. The van der Waals surface area contributed by atoms with Gasteiger partial charge in [-0.1, -0.05) is 75.6 Å². The molecular formula is C31H39N3O4S. The van der Waals surface area contributed by atoms with E-state index in [0.717, 1.165) is 31.4 Å². The van der Waals surface area contributed by atoms with Crippen LogP contribution in [0.25, 0.3) is 0 Å². The minimum Gasteiger partial charge on any atom is -0.394 e. The standard InChI is InChI=1S/C31H39N3O4S/c1-20(2)23(19-35)34-27-30(38)33(22-13-7-4-8-14-22)18-10-16-31(27)26(29(34)37)25-24(39-31)15-9-17-32(28(25)36)21-11-5-3-6-12-21/h3,5-6,9-12,15-16,20,22-27,35H,4,7-8,13-14,17-19H2,1-2H3/t23-,24-,25+,26-,27?,31-/m0/s1. The molecular weight excluding hydrogens is 510 g/mol. The lowest BCUT2D eigenvalue weighted by atomic mass is 9.78. The highest BCUT2D eigenvalue weighted by molar-refractivity contribution is 8.02. The number of hydrogen-bond acceptors (Lipinski definition) is 5.